The third-order valence-electron chi connectivity index (χ3n) is 6.55. The average molecular weight is 685 g/mol. The minimum atomic E-state index is -1.70. The topological polar surface area (TPSA) is 281 Å². The predicted molar refractivity (Wildman–Crippen MR) is 162 cm³/mol. The molecule has 3 amide bonds. The molecule has 2 aliphatic rings. The molecule has 19 nitrogen and oxygen atoms in total. The maximum atomic E-state index is 13.3. The Morgan fingerprint density at radius 2 is 1.98 bits per heavy atom. The molecule has 1 fully saturated rings. The molecular weight excluding hydrogens is 659 g/mol. The van der Waals surface area contributed by atoms with Crippen molar-refractivity contribution in [1.29, 1.82) is 0 Å². The van der Waals surface area contributed by atoms with Gasteiger partial charge in [-0.1, -0.05) is 5.16 Å². The molecule has 238 valence electrons. The van der Waals surface area contributed by atoms with Gasteiger partial charge < -0.3 is 31.2 Å². The monoisotopic (exact) mass is 684 g/mol. The first-order valence-corrected chi connectivity index (χ1v) is 14.7. The zero-order valence-corrected chi connectivity index (χ0v) is 24.9. The number of thioether (sulfide) groups is 1. The number of β-lactam (4-membered cyclic amide) rings is 1. The van der Waals surface area contributed by atoms with Crippen LogP contribution in [0.2, 0.25) is 0 Å². The number of aromatic hydroxyl groups is 2. The number of carboxylic acid groups (broad SMARTS) is 1. The number of nitrogens with zero attached hydrogens (tertiary/aromatic N) is 7. The van der Waals surface area contributed by atoms with Gasteiger partial charge in [0.25, 0.3) is 17.7 Å². The molecule has 3 aromatic rings. The second-order valence-corrected chi connectivity index (χ2v) is 12.0. The van der Waals surface area contributed by atoms with Gasteiger partial charge in [-0.25, -0.2) is 15.3 Å². The molecule has 0 bridgehead atoms. The number of hydrogen-bond acceptors (Lipinski definition) is 16. The fourth-order valence-electron chi connectivity index (χ4n) is 4.21. The van der Waals surface area contributed by atoms with Crippen LogP contribution >= 0.6 is 23.1 Å². The number of benzene rings is 1. The van der Waals surface area contributed by atoms with Gasteiger partial charge in [-0.3, -0.25) is 24.5 Å². The van der Waals surface area contributed by atoms with Crippen molar-refractivity contribution < 1.29 is 44.5 Å². The Morgan fingerprint density at radius 3 is 2.61 bits per heavy atom. The number of carbonyl (C=O) groups is 4. The Kier molecular flexibility index (Phi) is 10.2. The van der Waals surface area contributed by atoms with E-state index in [9.17, 15) is 34.5 Å². The summed E-state index contributed by atoms with van der Waals surface area (Å²) in [5.41, 5.74) is 5.36. The number of carboxylic acids is 1. The van der Waals surface area contributed by atoms with Gasteiger partial charge in [0.05, 0.1) is 6.54 Å². The second-order valence-electron chi connectivity index (χ2n) is 10.0. The molecule has 2 aromatic heterocycles. The van der Waals surface area contributed by atoms with Gasteiger partial charge in [0.1, 0.15) is 22.8 Å². The summed E-state index contributed by atoms with van der Waals surface area (Å²) in [5.74, 6) is -4.42. The summed E-state index contributed by atoms with van der Waals surface area (Å²) in [5, 5.41) is 57.3. The van der Waals surface area contributed by atoms with E-state index in [1.165, 1.54) is 54.7 Å². The molecule has 0 saturated carbocycles. The summed E-state index contributed by atoms with van der Waals surface area (Å²) in [4.78, 5) is 62.1. The zero-order chi connectivity index (χ0) is 32.6. The van der Waals surface area contributed by atoms with E-state index in [2.05, 4.69) is 30.9 Å². The molecule has 2 aliphatic heterocycles. The Balaban J connectivity index is 0.00000480. The van der Waals surface area contributed by atoms with E-state index in [4.69, 9.17) is 15.8 Å². The van der Waals surface area contributed by atoms with Crippen molar-refractivity contribution in [2.45, 2.75) is 37.4 Å². The van der Waals surface area contributed by atoms with Crippen LogP contribution in [0.4, 0.5) is 5.13 Å². The van der Waals surface area contributed by atoms with Gasteiger partial charge in [-0.15, -0.1) is 33.3 Å². The van der Waals surface area contributed by atoms with E-state index in [-0.39, 0.29) is 75.7 Å². The molecular formula is C24H25N10NaO9S2. The van der Waals surface area contributed by atoms with Crippen LogP contribution in [0, 0.1) is 0 Å². The fourth-order valence-corrected chi connectivity index (χ4v) is 6.09. The molecule has 0 unspecified atom stereocenters. The summed E-state index contributed by atoms with van der Waals surface area (Å²) in [7, 11) is 0. The van der Waals surface area contributed by atoms with Crippen molar-refractivity contribution in [2.75, 3.05) is 11.5 Å². The van der Waals surface area contributed by atoms with E-state index >= 15 is 0 Å². The number of thiazole rings is 1. The number of hydrogen-bond donors (Lipinski definition) is 7. The van der Waals surface area contributed by atoms with Crippen LogP contribution in [0.1, 0.15) is 19.5 Å². The van der Waals surface area contributed by atoms with Crippen LogP contribution < -0.4 is 16.5 Å². The standard InChI is InChI=1S/C24H24N10O9S2.Na.H/c1-24(2,22(41)30-42)43-31-14(11-8-45-23(25)26-11)18(37)27-15-19(38)34-16(21(39)40)10(7-44-20(15)34)6-33-29-17(28-32-33)9-3-4-12(35)13(36)5-9;;/h3-5,8,15,20,35-36,42H,6-7H2,1-2H3,(H2,25,26)(H,27,37)(H,30,41)(H,39,40);;/b31-14-;;/t15-,20-;;/m1../s1. The quantitative estimate of drug-likeness (QED) is 0.0322. The van der Waals surface area contributed by atoms with E-state index < -0.39 is 46.4 Å². The number of phenols is 2. The first kappa shape index (κ1) is 34.6. The van der Waals surface area contributed by atoms with Crippen molar-refractivity contribution in [3.63, 3.8) is 0 Å². The third-order valence-corrected chi connectivity index (χ3v) is 8.56. The first-order valence-electron chi connectivity index (χ1n) is 12.7. The van der Waals surface area contributed by atoms with Crippen LogP contribution in [0.15, 0.2) is 40.0 Å². The summed E-state index contributed by atoms with van der Waals surface area (Å²) in [6.07, 6.45) is 0. The summed E-state index contributed by atoms with van der Waals surface area (Å²) in [6, 6.07) is 2.81. The van der Waals surface area contributed by atoms with Crippen LogP contribution in [-0.2, 0) is 30.6 Å². The van der Waals surface area contributed by atoms with E-state index in [0.717, 1.165) is 21.0 Å². The molecule has 0 radical (unpaired) electrons. The number of aromatic nitrogens is 5. The fraction of sp³-hybridized carbons (Fsp3) is 0.292. The van der Waals surface area contributed by atoms with E-state index in [1.54, 1.807) is 0 Å². The molecule has 0 aliphatic carbocycles. The van der Waals surface area contributed by atoms with Gasteiger partial charge in [0.15, 0.2) is 22.3 Å². The van der Waals surface area contributed by atoms with E-state index in [1.807, 2.05) is 0 Å². The van der Waals surface area contributed by atoms with Crippen LogP contribution in [0.3, 0.4) is 0 Å². The molecule has 46 heavy (non-hydrogen) atoms. The Hall–Kier alpha value is -4.28. The van der Waals surface area contributed by atoms with Crippen molar-refractivity contribution in [1.82, 2.24) is 40.9 Å². The summed E-state index contributed by atoms with van der Waals surface area (Å²) < 4.78 is 0. The molecule has 8 N–H and O–H groups in total. The number of tetrazole rings is 1. The number of rotatable bonds is 10. The summed E-state index contributed by atoms with van der Waals surface area (Å²) in [6.45, 7) is 2.43. The van der Waals surface area contributed by atoms with Crippen molar-refractivity contribution in [2.24, 2.45) is 5.16 Å². The number of hydroxylamine groups is 1. The van der Waals surface area contributed by atoms with Crippen LogP contribution in [-0.4, -0.2) is 132 Å². The molecule has 22 heteroatoms. The first-order chi connectivity index (χ1) is 21.3. The van der Waals surface area contributed by atoms with Gasteiger partial charge in [0.2, 0.25) is 11.4 Å². The SMILES string of the molecule is CC(C)(O/N=C(\C(=O)N[C@@H]1C(=O)N2C(C(=O)O)=C(Cn3nnc(-c4ccc(O)c(O)c4)n3)CS[C@H]12)c1csc(N)n1)C(=O)NO.[NaH]. The van der Waals surface area contributed by atoms with Crippen molar-refractivity contribution >= 4 is 87.2 Å². The molecule has 0 spiro atoms. The number of nitrogens with two attached hydrogens (primary N) is 1. The number of phenolic OH excluding ortho intramolecular Hbond substituents is 2. The van der Waals surface area contributed by atoms with Crippen LogP contribution in [0.25, 0.3) is 11.4 Å². The van der Waals surface area contributed by atoms with Gasteiger partial charge in [-0.2, -0.15) is 4.80 Å². The third kappa shape index (κ3) is 6.78. The molecule has 2 atom stereocenters. The number of oxime groups is 1. The summed E-state index contributed by atoms with van der Waals surface area (Å²) >= 11 is 2.19. The predicted octanol–water partition coefficient (Wildman–Crippen LogP) is -1.41. The number of nitrogen functional groups attached to an aromatic ring is 1. The molecule has 4 heterocycles. The number of carbonyl (C=O) groups excluding carboxylic acids is 3. The molecule has 1 saturated heterocycles. The number of aliphatic carboxylic acids is 1. The number of fused-ring (bicyclic) bond motifs is 1. The Morgan fingerprint density at radius 1 is 1.24 bits per heavy atom. The number of anilines is 1. The van der Waals surface area contributed by atoms with E-state index in [0.29, 0.717) is 11.1 Å². The van der Waals surface area contributed by atoms with Crippen LogP contribution in [0.5, 0.6) is 11.5 Å². The van der Waals surface area contributed by atoms with Gasteiger partial charge in [-0.05, 0) is 42.8 Å². The average Bonchev–Trinajstić information content (AvgIpc) is 3.65. The minimum absolute atomic E-state index is 0. The van der Waals surface area contributed by atoms with Gasteiger partial charge >= 0.3 is 35.5 Å². The number of nitrogens with one attached hydrogen (secondary N) is 2. The van der Waals surface area contributed by atoms with Gasteiger partial charge in [0, 0.05) is 16.7 Å². The molecule has 5 rings (SSSR count). The Bertz CT molecular complexity index is 1780. The Labute approximate surface area is 288 Å². The number of amides is 3. The van der Waals surface area contributed by atoms with Crippen molar-refractivity contribution in [3.8, 4) is 22.9 Å². The zero-order valence-electron chi connectivity index (χ0n) is 23.2. The van der Waals surface area contributed by atoms with Crippen molar-refractivity contribution in [3.05, 3.63) is 40.5 Å². The second kappa shape index (κ2) is 13.6. The maximum absolute atomic E-state index is 13.3. The molecule has 1 aromatic carbocycles. The normalized spacial score (nSPS) is 17.8.